The fourth-order valence-electron chi connectivity index (χ4n) is 3.23. The maximum absolute atomic E-state index is 5.57. The third-order valence-corrected chi connectivity index (χ3v) is 4.51. The van der Waals surface area contributed by atoms with E-state index in [1.54, 1.807) is 0 Å². The maximum atomic E-state index is 5.57. The fraction of sp³-hybridized carbons (Fsp3) is 1.00. The summed E-state index contributed by atoms with van der Waals surface area (Å²) in [5.41, 5.74) is 0.744. The number of nitrogens with zero attached hydrogens (tertiary/aromatic N) is 1. The van der Waals surface area contributed by atoms with Crippen LogP contribution in [0.3, 0.4) is 0 Å². The first-order valence-corrected chi connectivity index (χ1v) is 7.24. The van der Waals surface area contributed by atoms with Crippen LogP contribution in [0.4, 0.5) is 0 Å². The Morgan fingerprint density at radius 2 is 1.69 bits per heavy atom. The molecule has 2 nitrogen and oxygen atoms in total. The highest BCUT2D eigenvalue weighted by atomic mass is 35.5. The van der Waals surface area contributed by atoms with E-state index in [0.29, 0.717) is 12.5 Å². The van der Waals surface area contributed by atoms with E-state index in [2.05, 4.69) is 4.90 Å². The van der Waals surface area contributed by atoms with Crippen molar-refractivity contribution >= 4 is 11.6 Å². The highest BCUT2D eigenvalue weighted by molar-refractivity contribution is 6.17. The smallest absolute Gasteiger partial charge is 0.0602 e. The van der Waals surface area contributed by atoms with Crippen LogP contribution in [0, 0.1) is 5.41 Å². The normalized spacial score (nSPS) is 25.3. The molecule has 94 valence electrons. The molecule has 0 N–H and O–H groups in total. The molecule has 1 spiro atoms. The zero-order valence-corrected chi connectivity index (χ0v) is 11.0. The van der Waals surface area contributed by atoms with Crippen molar-refractivity contribution < 1.29 is 4.74 Å². The van der Waals surface area contributed by atoms with E-state index >= 15 is 0 Å². The molecule has 0 unspecified atom stereocenters. The molecule has 2 aliphatic rings. The summed E-state index contributed by atoms with van der Waals surface area (Å²) in [4.78, 5) is 2.55. The SMILES string of the molecule is ClCCOCCN1CCC2(CCCC2)CC1. The Morgan fingerprint density at radius 1 is 1.00 bits per heavy atom. The van der Waals surface area contributed by atoms with Crippen LogP contribution >= 0.6 is 11.6 Å². The zero-order valence-electron chi connectivity index (χ0n) is 10.2. The van der Waals surface area contributed by atoms with Crippen molar-refractivity contribution in [3.63, 3.8) is 0 Å². The van der Waals surface area contributed by atoms with Crippen molar-refractivity contribution in [2.45, 2.75) is 38.5 Å². The molecular weight excluding hydrogens is 222 g/mol. The lowest BCUT2D eigenvalue weighted by Gasteiger charge is -2.39. The standard InChI is InChI=1S/C13H24ClNO/c14-7-11-16-12-10-15-8-5-13(6-9-15)3-1-2-4-13/h1-12H2. The Kier molecular flexibility index (Phi) is 4.93. The molecule has 2 rings (SSSR count). The van der Waals surface area contributed by atoms with Crippen LogP contribution in [0.5, 0.6) is 0 Å². The van der Waals surface area contributed by atoms with Gasteiger partial charge in [-0.25, -0.2) is 0 Å². The van der Waals surface area contributed by atoms with Gasteiger partial charge in [0.2, 0.25) is 0 Å². The van der Waals surface area contributed by atoms with Gasteiger partial charge in [0.25, 0.3) is 0 Å². The lowest BCUT2D eigenvalue weighted by molar-refractivity contribution is 0.0693. The molecule has 0 aromatic carbocycles. The summed E-state index contributed by atoms with van der Waals surface area (Å²) in [6.45, 7) is 5.19. The summed E-state index contributed by atoms with van der Waals surface area (Å²) in [5.74, 6) is 0.614. The minimum Gasteiger partial charge on any atom is -0.379 e. The van der Waals surface area contributed by atoms with E-state index in [-0.39, 0.29) is 0 Å². The first-order chi connectivity index (χ1) is 7.85. The Labute approximate surface area is 104 Å². The molecule has 0 radical (unpaired) electrons. The number of hydrogen-bond donors (Lipinski definition) is 0. The largest absolute Gasteiger partial charge is 0.379 e. The van der Waals surface area contributed by atoms with Crippen LogP contribution in [0.15, 0.2) is 0 Å². The quantitative estimate of drug-likeness (QED) is 0.546. The van der Waals surface area contributed by atoms with E-state index in [0.717, 1.165) is 18.6 Å². The molecule has 1 aliphatic heterocycles. The van der Waals surface area contributed by atoms with Crippen LogP contribution in [-0.2, 0) is 4.74 Å². The van der Waals surface area contributed by atoms with Gasteiger partial charge in [-0.1, -0.05) is 12.8 Å². The summed E-state index contributed by atoms with van der Waals surface area (Å²) >= 11 is 5.57. The lowest BCUT2D eigenvalue weighted by atomic mass is 9.77. The minimum atomic E-state index is 0.614. The van der Waals surface area contributed by atoms with E-state index < -0.39 is 0 Å². The van der Waals surface area contributed by atoms with Crippen LogP contribution in [-0.4, -0.2) is 43.6 Å². The fourth-order valence-corrected chi connectivity index (χ4v) is 3.34. The third kappa shape index (κ3) is 3.35. The van der Waals surface area contributed by atoms with E-state index in [1.165, 1.54) is 51.6 Å². The molecular formula is C13H24ClNO. The van der Waals surface area contributed by atoms with Gasteiger partial charge in [0.05, 0.1) is 13.2 Å². The molecule has 3 heteroatoms. The molecule has 0 amide bonds. The van der Waals surface area contributed by atoms with Crippen molar-refractivity contribution in [2.24, 2.45) is 5.41 Å². The first kappa shape index (κ1) is 12.7. The highest BCUT2D eigenvalue weighted by Crippen LogP contribution is 2.45. The minimum absolute atomic E-state index is 0.614. The molecule has 16 heavy (non-hydrogen) atoms. The van der Waals surface area contributed by atoms with Gasteiger partial charge in [0.15, 0.2) is 0 Å². The van der Waals surface area contributed by atoms with Crippen LogP contribution < -0.4 is 0 Å². The molecule has 1 saturated heterocycles. The van der Waals surface area contributed by atoms with Crippen molar-refractivity contribution in [1.82, 2.24) is 4.90 Å². The Morgan fingerprint density at radius 3 is 2.31 bits per heavy atom. The van der Waals surface area contributed by atoms with E-state index in [4.69, 9.17) is 16.3 Å². The molecule has 0 aromatic heterocycles. The predicted octanol–water partition coefficient (Wildman–Crippen LogP) is 2.90. The Balaban J connectivity index is 1.61. The monoisotopic (exact) mass is 245 g/mol. The average Bonchev–Trinajstić information content (AvgIpc) is 2.76. The van der Waals surface area contributed by atoms with Crippen molar-refractivity contribution in [1.29, 1.82) is 0 Å². The highest BCUT2D eigenvalue weighted by Gasteiger charge is 2.36. The second kappa shape index (κ2) is 6.23. The molecule has 2 fully saturated rings. The van der Waals surface area contributed by atoms with Gasteiger partial charge in [-0.2, -0.15) is 0 Å². The average molecular weight is 246 g/mol. The van der Waals surface area contributed by atoms with E-state index in [9.17, 15) is 0 Å². The second-order valence-corrected chi connectivity index (χ2v) is 5.73. The number of alkyl halides is 1. The molecule has 1 saturated carbocycles. The molecule has 1 heterocycles. The lowest BCUT2D eigenvalue weighted by Crippen LogP contribution is -2.40. The first-order valence-electron chi connectivity index (χ1n) is 6.71. The maximum Gasteiger partial charge on any atom is 0.0602 e. The van der Waals surface area contributed by atoms with E-state index in [1.807, 2.05) is 0 Å². The summed E-state index contributed by atoms with van der Waals surface area (Å²) in [7, 11) is 0. The third-order valence-electron chi connectivity index (χ3n) is 4.35. The summed E-state index contributed by atoms with van der Waals surface area (Å²) in [5, 5.41) is 0. The number of rotatable bonds is 5. The topological polar surface area (TPSA) is 12.5 Å². The zero-order chi connectivity index (χ0) is 11.3. The van der Waals surface area contributed by atoms with Gasteiger partial charge >= 0.3 is 0 Å². The van der Waals surface area contributed by atoms with Gasteiger partial charge in [-0.15, -0.1) is 11.6 Å². The predicted molar refractivity (Wildman–Crippen MR) is 68.1 cm³/mol. The Hall–Kier alpha value is 0.210. The van der Waals surface area contributed by atoms with Crippen molar-refractivity contribution in [2.75, 3.05) is 38.7 Å². The van der Waals surface area contributed by atoms with Crippen molar-refractivity contribution in [3.8, 4) is 0 Å². The van der Waals surface area contributed by atoms with Gasteiger partial charge in [-0.3, -0.25) is 0 Å². The number of piperidine rings is 1. The van der Waals surface area contributed by atoms with Gasteiger partial charge in [-0.05, 0) is 44.2 Å². The van der Waals surface area contributed by atoms with Crippen LogP contribution in [0.25, 0.3) is 0 Å². The second-order valence-electron chi connectivity index (χ2n) is 5.35. The van der Waals surface area contributed by atoms with Gasteiger partial charge < -0.3 is 9.64 Å². The number of likely N-dealkylation sites (tertiary alicyclic amines) is 1. The molecule has 0 bridgehead atoms. The molecule has 0 atom stereocenters. The summed E-state index contributed by atoms with van der Waals surface area (Å²) in [6, 6.07) is 0. The van der Waals surface area contributed by atoms with Gasteiger partial charge in [0.1, 0.15) is 0 Å². The number of ether oxygens (including phenoxy) is 1. The van der Waals surface area contributed by atoms with Crippen molar-refractivity contribution in [3.05, 3.63) is 0 Å². The summed E-state index contributed by atoms with van der Waals surface area (Å²) in [6.07, 6.45) is 8.76. The molecule has 0 aromatic rings. The van der Waals surface area contributed by atoms with Crippen LogP contribution in [0.1, 0.15) is 38.5 Å². The Bertz CT molecular complexity index is 194. The van der Waals surface area contributed by atoms with Crippen LogP contribution in [0.2, 0.25) is 0 Å². The number of halogens is 1. The van der Waals surface area contributed by atoms with Gasteiger partial charge in [0, 0.05) is 12.4 Å². The molecule has 1 aliphatic carbocycles. The number of hydrogen-bond acceptors (Lipinski definition) is 2. The summed E-state index contributed by atoms with van der Waals surface area (Å²) < 4.78 is 5.43.